The van der Waals surface area contributed by atoms with Gasteiger partial charge in [-0.2, -0.15) is 0 Å². The fraction of sp³-hybridized carbons (Fsp3) is 0.0952. The third kappa shape index (κ3) is 2.53. The van der Waals surface area contributed by atoms with Crippen LogP contribution in [0.3, 0.4) is 0 Å². The van der Waals surface area contributed by atoms with Crippen LogP contribution in [0.2, 0.25) is 0 Å². The van der Waals surface area contributed by atoms with Crippen LogP contribution >= 0.6 is 0 Å². The van der Waals surface area contributed by atoms with Gasteiger partial charge in [-0.1, -0.05) is 66.7 Å². The summed E-state index contributed by atoms with van der Waals surface area (Å²) in [6.45, 7) is 2.11. The minimum Gasteiger partial charge on any atom is -0.303 e. The average Bonchev–Trinajstić information content (AvgIpc) is 2.97. The smallest absolute Gasteiger partial charge is 0.140 e. The third-order valence-electron chi connectivity index (χ3n) is 4.21. The number of nitrogens with zero attached hydrogens (tertiary/aromatic N) is 2. The summed E-state index contributed by atoms with van der Waals surface area (Å²) in [6.07, 6.45) is 2.98. The molecule has 0 spiro atoms. The van der Waals surface area contributed by atoms with Crippen molar-refractivity contribution >= 4 is 5.65 Å². The molecule has 23 heavy (non-hydrogen) atoms. The van der Waals surface area contributed by atoms with E-state index in [1.54, 1.807) is 0 Å². The normalized spacial score (nSPS) is 11.0. The topological polar surface area (TPSA) is 17.3 Å². The highest BCUT2D eigenvalue weighted by Gasteiger charge is 2.15. The van der Waals surface area contributed by atoms with Crippen molar-refractivity contribution in [3.63, 3.8) is 0 Å². The molecule has 0 saturated heterocycles. The van der Waals surface area contributed by atoms with Crippen LogP contribution in [0.4, 0.5) is 0 Å². The van der Waals surface area contributed by atoms with Crippen LogP contribution in [0.25, 0.3) is 16.9 Å². The zero-order chi connectivity index (χ0) is 15.6. The molecule has 0 unspecified atom stereocenters. The Morgan fingerprint density at radius 1 is 0.826 bits per heavy atom. The Labute approximate surface area is 136 Å². The van der Waals surface area contributed by atoms with Gasteiger partial charge in [-0.05, 0) is 24.1 Å². The van der Waals surface area contributed by atoms with Crippen LogP contribution in [0, 0.1) is 6.92 Å². The van der Waals surface area contributed by atoms with Crippen LogP contribution in [0.15, 0.2) is 79.0 Å². The highest BCUT2D eigenvalue weighted by Crippen LogP contribution is 2.27. The Balaban J connectivity index is 1.94. The van der Waals surface area contributed by atoms with Crippen LogP contribution in [-0.2, 0) is 6.42 Å². The van der Waals surface area contributed by atoms with Gasteiger partial charge >= 0.3 is 0 Å². The van der Waals surface area contributed by atoms with Crippen molar-refractivity contribution in [2.45, 2.75) is 13.3 Å². The molecule has 0 radical (unpaired) electrons. The van der Waals surface area contributed by atoms with Gasteiger partial charge in [-0.25, -0.2) is 4.98 Å². The maximum Gasteiger partial charge on any atom is 0.140 e. The molecule has 0 bridgehead atoms. The van der Waals surface area contributed by atoms with E-state index < -0.39 is 0 Å². The number of aromatic nitrogens is 2. The number of fused-ring (bicyclic) bond motifs is 1. The van der Waals surface area contributed by atoms with E-state index in [1.165, 1.54) is 22.4 Å². The maximum atomic E-state index is 4.94. The molecule has 4 aromatic rings. The molecule has 0 fully saturated rings. The SMILES string of the molecule is Cc1cccn2c(Cc3ccccc3)c(-c3ccccc3)nc12. The first-order chi connectivity index (χ1) is 11.3. The second-order valence-electron chi connectivity index (χ2n) is 5.82. The molecule has 4 rings (SSSR count). The van der Waals surface area contributed by atoms with E-state index in [9.17, 15) is 0 Å². The molecule has 2 aromatic carbocycles. The first kappa shape index (κ1) is 13.8. The second-order valence-corrected chi connectivity index (χ2v) is 5.82. The minimum absolute atomic E-state index is 0.871. The fourth-order valence-electron chi connectivity index (χ4n) is 3.04. The van der Waals surface area contributed by atoms with Crippen molar-refractivity contribution in [1.82, 2.24) is 9.38 Å². The molecule has 0 aliphatic carbocycles. The van der Waals surface area contributed by atoms with Crippen LogP contribution in [-0.4, -0.2) is 9.38 Å². The Morgan fingerprint density at radius 3 is 2.26 bits per heavy atom. The molecular formula is C21H18N2. The number of pyridine rings is 1. The van der Waals surface area contributed by atoms with E-state index in [-0.39, 0.29) is 0 Å². The van der Waals surface area contributed by atoms with Gasteiger partial charge in [0.2, 0.25) is 0 Å². The summed E-state index contributed by atoms with van der Waals surface area (Å²) >= 11 is 0. The van der Waals surface area contributed by atoms with Crippen molar-refractivity contribution in [2.75, 3.05) is 0 Å². The molecule has 2 aromatic heterocycles. The molecule has 0 aliphatic rings. The molecule has 0 N–H and O–H groups in total. The summed E-state index contributed by atoms with van der Waals surface area (Å²) in [4.78, 5) is 4.94. The second kappa shape index (κ2) is 5.73. The highest BCUT2D eigenvalue weighted by molar-refractivity contribution is 5.68. The number of hydrogen-bond acceptors (Lipinski definition) is 1. The lowest BCUT2D eigenvalue weighted by Gasteiger charge is -2.06. The Bertz CT molecular complexity index is 938. The first-order valence-electron chi connectivity index (χ1n) is 7.89. The summed E-state index contributed by atoms with van der Waals surface area (Å²) < 4.78 is 2.23. The van der Waals surface area contributed by atoms with E-state index >= 15 is 0 Å². The Hall–Kier alpha value is -2.87. The fourth-order valence-corrected chi connectivity index (χ4v) is 3.04. The predicted molar refractivity (Wildman–Crippen MR) is 94.6 cm³/mol. The molecular weight excluding hydrogens is 280 g/mol. The van der Waals surface area contributed by atoms with Crippen molar-refractivity contribution in [3.8, 4) is 11.3 Å². The zero-order valence-electron chi connectivity index (χ0n) is 13.1. The lowest BCUT2D eigenvalue weighted by Crippen LogP contribution is -1.97. The van der Waals surface area contributed by atoms with E-state index in [1.807, 2.05) is 6.07 Å². The van der Waals surface area contributed by atoms with Crippen LogP contribution in [0.5, 0.6) is 0 Å². The summed E-state index contributed by atoms with van der Waals surface area (Å²) in [6, 6.07) is 25.2. The average molecular weight is 298 g/mol. The van der Waals surface area contributed by atoms with Gasteiger partial charge in [0.25, 0.3) is 0 Å². The number of benzene rings is 2. The standard InChI is InChI=1S/C21H18N2/c1-16-9-8-14-23-19(15-17-10-4-2-5-11-17)20(22-21(16)23)18-12-6-3-7-13-18/h2-14H,15H2,1H3. The summed E-state index contributed by atoms with van der Waals surface area (Å²) in [5.74, 6) is 0. The zero-order valence-corrected chi connectivity index (χ0v) is 13.1. The van der Waals surface area contributed by atoms with Crippen molar-refractivity contribution in [1.29, 1.82) is 0 Å². The van der Waals surface area contributed by atoms with Gasteiger partial charge in [-0.3, -0.25) is 0 Å². The highest BCUT2D eigenvalue weighted by atomic mass is 15.0. The largest absolute Gasteiger partial charge is 0.303 e. The van der Waals surface area contributed by atoms with Gasteiger partial charge in [0.1, 0.15) is 5.65 Å². The van der Waals surface area contributed by atoms with Crippen molar-refractivity contribution < 1.29 is 0 Å². The summed E-state index contributed by atoms with van der Waals surface area (Å²) in [7, 11) is 0. The number of aryl methyl sites for hydroxylation is 1. The molecule has 0 saturated carbocycles. The minimum atomic E-state index is 0.871. The molecule has 2 nitrogen and oxygen atoms in total. The molecule has 0 amide bonds. The molecule has 2 heteroatoms. The molecule has 2 heterocycles. The van der Waals surface area contributed by atoms with Gasteiger partial charge in [-0.15, -0.1) is 0 Å². The number of hydrogen-bond donors (Lipinski definition) is 0. The van der Waals surface area contributed by atoms with E-state index in [0.29, 0.717) is 0 Å². The quantitative estimate of drug-likeness (QED) is 0.526. The van der Waals surface area contributed by atoms with Crippen LogP contribution < -0.4 is 0 Å². The lowest BCUT2D eigenvalue weighted by molar-refractivity contribution is 1.02. The monoisotopic (exact) mass is 298 g/mol. The number of rotatable bonds is 3. The van der Waals surface area contributed by atoms with Gasteiger partial charge < -0.3 is 4.40 Å². The predicted octanol–water partition coefficient (Wildman–Crippen LogP) is 4.90. The third-order valence-corrected chi connectivity index (χ3v) is 4.21. The first-order valence-corrected chi connectivity index (χ1v) is 7.89. The molecule has 0 aliphatic heterocycles. The van der Waals surface area contributed by atoms with Gasteiger partial charge in [0.05, 0.1) is 11.4 Å². The summed E-state index contributed by atoms with van der Waals surface area (Å²) in [5, 5.41) is 0. The van der Waals surface area contributed by atoms with Crippen LogP contribution in [0.1, 0.15) is 16.8 Å². The molecule has 0 atom stereocenters. The van der Waals surface area contributed by atoms with Gasteiger partial charge in [0.15, 0.2) is 0 Å². The Kier molecular flexibility index (Phi) is 3.43. The van der Waals surface area contributed by atoms with Gasteiger partial charge in [0, 0.05) is 18.2 Å². The van der Waals surface area contributed by atoms with E-state index in [2.05, 4.69) is 84.3 Å². The maximum absolute atomic E-state index is 4.94. The Morgan fingerprint density at radius 2 is 1.52 bits per heavy atom. The van der Waals surface area contributed by atoms with Crippen molar-refractivity contribution in [2.24, 2.45) is 0 Å². The van der Waals surface area contributed by atoms with E-state index in [0.717, 1.165) is 17.8 Å². The lowest BCUT2D eigenvalue weighted by atomic mass is 10.0. The number of imidazole rings is 1. The van der Waals surface area contributed by atoms with Crippen molar-refractivity contribution in [3.05, 3.63) is 95.8 Å². The molecule has 112 valence electrons. The summed E-state index contributed by atoms with van der Waals surface area (Å²) in [5.41, 5.74) is 7.01. The van der Waals surface area contributed by atoms with E-state index in [4.69, 9.17) is 4.98 Å².